The molecule has 0 radical (unpaired) electrons. The van der Waals surface area contributed by atoms with Gasteiger partial charge in [0.05, 0.1) is 12.7 Å². The van der Waals surface area contributed by atoms with E-state index in [0.29, 0.717) is 11.3 Å². The molecule has 0 heterocycles. The predicted molar refractivity (Wildman–Crippen MR) is 65.3 cm³/mol. The van der Waals surface area contributed by atoms with Crippen molar-refractivity contribution in [3.63, 3.8) is 0 Å². The monoisotopic (exact) mass is 265 g/mol. The van der Waals surface area contributed by atoms with E-state index in [1.807, 2.05) is 13.8 Å². The lowest BCUT2D eigenvalue weighted by Crippen LogP contribution is -2.04. The first-order chi connectivity index (χ1) is 8.25. The molecule has 0 aliphatic heterocycles. The molecule has 0 saturated heterocycles. The van der Waals surface area contributed by atoms with Gasteiger partial charge in [0, 0.05) is 12.6 Å². The van der Waals surface area contributed by atoms with Crippen molar-refractivity contribution in [3.05, 3.63) is 29.8 Å². The van der Waals surface area contributed by atoms with Crippen LogP contribution in [-0.4, -0.2) is 19.3 Å². The number of rotatable bonds is 1. The minimum atomic E-state index is -4.00. The van der Waals surface area contributed by atoms with Crippen LogP contribution in [0.4, 0.5) is 18.9 Å². The van der Waals surface area contributed by atoms with Crippen LogP contribution in [0.5, 0.6) is 0 Å². The third-order valence-corrected chi connectivity index (χ3v) is 1.37. The normalized spacial score (nSPS) is 9.28. The fourth-order valence-corrected chi connectivity index (χ4v) is 0.793. The van der Waals surface area contributed by atoms with Gasteiger partial charge in [-0.3, -0.25) is 0 Å². The van der Waals surface area contributed by atoms with Crippen LogP contribution in [0.1, 0.15) is 31.1 Å². The summed E-state index contributed by atoms with van der Waals surface area (Å²) < 4.78 is 35.6. The van der Waals surface area contributed by atoms with Gasteiger partial charge in [0.15, 0.2) is 0 Å². The van der Waals surface area contributed by atoms with Gasteiger partial charge in [-0.2, -0.15) is 13.2 Å². The summed E-state index contributed by atoms with van der Waals surface area (Å²) in [5.74, 6) is -0.400. The van der Waals surface area contributed by atoms with Crippen LogP contribution in [0.3, 0.4) is 0 Å². The summed E-state index contributed by atoms with van der Waals surface area (Å²) in [6.45, 7) is 4.19. The standard InChI is InChI=1S/C8H9NO2.C2H3F3.C2H6/c1-11-8(10)6-4-2-3-5-7(6)9;1-2(3,4)5;1-2/h2-5H,9H2,1H3;1H3;1-2H3. The van der Waals surface area contributed by atoms with Gasteiger partial charge in [-0.15, -0.1) is 0 Å². The quantitative estimate of drug-likeness (QED) is 0.623. The summed E-state index contributed by atoms with van der Waals surface area (Å²) in [4.78, 5) is 10.9. The molecule has 0 atom stereocenters. The first kappa shape index (κ1) is 18.6. The molecule has 3 nitrogen and oxygen atoms in total. The number of benzene rings is 1. The molecule has 0 unspecified atom stereocenters. The van der Waals surface area contributed by atoms with Gasteiger partial charge < -0.3 is 10.5 Å². The fraction of sp³-hybridized carbons (Fsp3) is 0.417. The van der Waals surface area contributed by atoms with Gasteiger partial charge in [-0.05, 0) is 12.1 Å². The zero-order chi connectivity index (χ0) is 14.8. The van der Waals surface area contributed by atoms with Crippen molar-refractivity contribution in [2.75, 3.05) is 12.8 Å². The van der Waals surface area contributed by atoms with Gasteiger partial charge >= 0.3 is 12.1 Å². The SMILES string of the molecule is CC.CC(F)(F)F.COC(=O)c1ccccc1N. The van der Waals surface area contributed by atoms with Crippen LogP contribution >= 0.6 is 0 Å². The average molecular weight is 265 g/mol. The van der Waals surface area contributed by atoms with Crippen LogP contribution in [0.25, 0.3) is 0 Å². The van der Waals surface area contributed by atoms with Crippen molar-refractivity contribution in [2.24, 2.45) is 0 Å². The average Bonchev–Trinajstić information content (AvgIpc) is 2.29. The van der Waals surface area contributed by atoms with Crippen LogP contribution in [-0.2, 0) is 4.74 Å². The summed E-state index contributed by atoms with van der Waals surface area (Å²) in [6.07, 6.45) is -4.00. The van der Waals surface area contributed by atoms with Crippen molar-refractivity contribution in [3.8, 4) is 0 Å². The van der Waals surface area contributed by atoms with Crippen molar-refractivity contribution in [1.29, 1.82) is 0 Å². The van der Waals surface area contributed by atoms with Gasteiger partial charge in [0.25, 0.3) is 0 Å². The summed E-state index contributed by atoms with van der Waals surface area (Å²) >= 11 is 0. The molecule has 0 aromatic heterocycles. The van der Waals surface area contributed by atoms with Crippen molar-refractivity contribution >= 4 is 11.7 Å². The number of halogens is 3. The third kappa shape index (κ3) is 10.8. The zero-order valence-corrected chi connectivity index (χ0v) is 10.8. The summed E-state index contributed by atoms with van der Waals surface area (Å²) in [5, 5.41) is 0. The Labute approximate surface area is 105 Å². The van der Waals surface area contributed by atoms with E-state index >= 15 is 0 Å². The second kappa shape index (κ2) is 9.32. The molecule has 0 aliphatic carbocycles. The molecule has 104 valence electrons. The van der Waals surface area contributed by atoms with Crippen LogP contribution in [0, 0.1) is 0 Å². The maximum absolute atomic E-state index is 10.9. The smallest absolute Gasteiger partial charge is 0.386 e. The Kier molecular flexibility index (Phi) is 9.66. The number of nitrogens with two attached hydrogens (primary N) is 1. The molecule has 1 aromatic carbocycles. The van der Waals surface area contributed by atoms with Gasteiger partial charge in [0.1, 0.15) is 0 Å². The Morgan fingerprint density at radius 2 is 1.61 bits per heavy atom. The van der Waals surface area contributed by atoms with E-state index in [2.05, 4.69) is 4.74 Å². The molecule has 0 spiro atoms. The molecule has 6 heteroatoms. The number of para-hydroxylation sites is 1. The highest BCUT2D eigenvalue weighted by Crippen LogP contribution is 2.11. The number of anilines is 1. The highest BCUT2D eigenvalue weighted by molar-refractivity contribution is 5.94. The minimum absolute atomic E-state index is 0.188. The van der Waals surface area contributed by atoms with E-state index in [1.165, 1.54) is 7.11 Å². The van der Waals surface area contributed by atoms with Gasteiger partial charge in [0.2, 0.25) is 0 Å². The van der Waals surface area contributed by atoms with E-state index in [0.717, 1.165) is 0 Å². The summed E-state index contributed by atoms with van der Waals surface area (Å²) in [7, 11) is 1.33. The second-order valence-corrected chi connectivity index (χ2v) is 2.86. The molecule has 0 aliphatic rings. The first-order valence-corrected chi connectivity index (χ1v) is 5.25. The Bertz CT molecular complexity index is 345. The van der Waals surface area contributed by atoms with Gasteiger partial charge in [-0.1, -0.05) is 26.0 Å². The van der Waals surface area contributed by atoms with Gasteiger partial charge in [-0.25, -0.2) is 4.79 Å². The Hall–Kier alpha value is -1.72. The largest absolute Gasteiger partial charge is 0.465 e. The van der Waals surface area contributed by atoms with E-state index in [4.69, 9.17) is 5.73 Å². The number of alkyl halides is 3. The number of carbonyl (C=O) groups is 1. The Morgan fingerprint density at radius 3 is 1.94 bits per heavy atom. The molecule has 0 amide bonds. The molecule has 18 heavy (non-hydrogen) atoms. The molecule has 0 fully saturated rings. The van der Waals surface area contributed by atoms with E-state index in [1.54, 1.807) is 24.3 Å². The minimum Gasteiger partial charge on any atom is -0.465 e. The number of nitrogen functional groups attached to an aromatic ring is 1. The highest BCUT2D eigenvalue weighted by Gasteiger charge is 2.15. The lowest BCUT2D eigenvalue weighted by Gasteiger charge is -2.00. The lowest BCUT2D eigenvalue weighted by atomic mass is 10.2. The fourth-order valence-electron chi connectivity index (χ4n) is 0.793. The Morgan fingerprint density at radius 1 is 1.22 bits per heavy atom. The molecule has 1 aromatic rings. The van der Waals surface area contributed by atoms with Crippen LogP contribution in [0.15, 0.2) is 24.3 Å². The number of esters is 1. The van der Waals surface area contributed by atoms with Crippen LogP contribution < -0.4 is 5.73 Å². The molecule has 0 bridgehead atoms. The topological polar surface area (TPSA) is 52.3 Å². The zero-order valence-electron chi connectivity index (χ0n) is 10.8. The molecule has 2 N–H and O–H groups in total. The van der Waals surface area contributed by atoms with Crippen LogP contribution in [0.2, 0.25) is 0 Å². The number of carbonyl (C=O) groups excluding carboxylic acids is 1. The first-order valence-electron chi connectivity index (χ1n) is 5.25. The van der Waals surface area contributed by atoms with Crippen molar-refractivity contribution < 1.29 is 22.7 Å². The number of ether oxygens (including phenoxy) is 1. The lowest BCUT2D eigenvalue weighted by molar-refractivity contribution is -0.110. The summed E-state index contributed by atoms with van der Waals surface area (Å²) in [6, 6.07) is 6.79. The van der Waals surface area contributed by atoms with E-state index in [-0.39, 0.29) is 6.92 Å². The predicted octanol–water partition coefficient (Wildman–Crippen LogP) is 3.65. The molecular formula is C12H18F3NO2. The number of hydrogen-bond donors (Lipinski definition) is 1. The summed E-state index contributed by atoms with van der Waals surface area (Å²) in [5.41, 5.74) is 6.35. The van der Waals surface area contributed by atoms with E-state index in [9.17, 15) is 18.0 Å². The third-order valence-electron chi connectivity index (χ3n) is 1.37. The molecule has 0 saturated carbocycles. The maximum Gasteiger partial charge on any atom is 0.386 e. The molecule has 1 rings (SSSR count). The van der Waals surface area contributed by atoms with Crippen molar-refractivity contribution in [1.82, 2.24) is 0 Å². The highest BCUT2D eigenvalue weighted by atomic mass is 19.4. The van der Waals surface area contributed by atoms with E-state index < -0.39 is 12.1 Å². The molecular weight excluding hydrogens is 247 g/mol. The van der Waals surface area contributed by atoms with Crippen molar-refractivity contribution in [2.45, 2.75) is 26.9 Å². The number of hydrogen-bond acceptors (Lipinski definition) is 3. The second-order valence-electron chi connectivity index (χ2n) is 2.86. The maximum atomic E-state index is 10.9. The Balaban J connectivity index is 0. The number of methoxy groups -OCH3 is 1.